The molecular formula is C17H33N3O. The van der Waals surface area contributed by atoms with Crippen molar-refractivity contribution in [1.29, 1.82) is 0 Å². The van der Waals surface area contributed by atoms with Crippen LogP contribution in [0.2, 0.25) is 0 Å². The number of amides is 1. The molecule has 2 fully saturated rings. The Morgan fingerprint density at radius 1 is 1.10 bits per heavy atom. The number of carbonyl (C=O) groups excluding carboxylic acids is 1. The van der Waals surface area contributed by atoms with Crippen LogP contribution < -0.4 is 11.1 Å². The molecule has 0 aliphatic heterocycles. The summed E-state index contributed by atoms with van der Waals surface area (Å²) in [7, 11) is 4.30. The Kier molecular flexibility index (Phi) is 6.06. The first-order valence-electron chi connectivity index (χ1n) is 8.76. The van der Waals surface area contributed by atoms with Gasteiger partial charge in [0.1, 0.15) is 0 Å². The van der Waals surface area contributed by atoms with Gasteiger partial charge in [-0.25, -0.2) is 0 Å². The molecule has 0 heterocycles. The number of rotatable bonds is 4. The highest BCUT2D eigenvalue weighted by atomic mass is 16.1. The second-order valence-electron chi connectivity index (χ2n) is 7.31. The predicted octanol–water partition coefficient (Wildman–Crippen LogP) is 2.27. The first-order chi connectivity index (χ1) is 10.1. The normalized spacial score (nSPS) is 29.9. The number of carbonyl (C=O) groups is 1. The molecule has 4 nitrogen and oxygen atoms in total. The van der Waals surface area contributed by atoms with Gasteiger partial charge in [0.25, 0.3) is 0 Å². The highest BCUT2D eigenvalue weighted by Gasteiger charge is 2.35. The van der Waals surface area contributed by atoms with Gasteiger partial charge in [-0.1, -0.05) is 38.5 Å². The average molecular weight is 295 g/mol. The van der Waals surface area contributed by atoms with Crippen LogP contribution in [0.4, 0.5) is 0 Å². The molecule has 2 aliphatic carbocycles. The molecule has 2 unspecified atom stereocenters. The second-order valence-corrected chi connectivity index (χ2v) is 7.31. The van der Waals surface area contributed by atoms with Gasteiger partial charge in [-0.3, -0.25) is 4.79 Å². The summed E-state index contributed by atoms with van der Waals surface area (Å²) < 4.78 is 0. The van der Waals surface area contributed by atoms with E-state index in [0.717, 1.165) is 25.8 Å². The van der Waals surface area contributed by atoms with Gasteiger partial charge in [0.15, 0.2) is 0 Å². The van der Waals surface area contributed by atoms with Gasteiger partial charge in [0, 0.05) is 18.1 Å². The number of nitrogens with zero attached hydrogens (tertiary/aromatic N) is 1. The molecule has 0 radical (unpaired) electrons. The number of nitrogens with two attached hydrogens (primary N) is 1. The van der Waals surface area contributed by atoms with Crippen molar-refractivity contribution in [2.24, 2.45) is 11.7 Å². The van der Waals surface area contributed by atoms with Crippen LogP contribution in [0.25, 0.3) is 0 Å². The minimum atomic E-state index is 0.0234. The highest BCUT2D eigenvalue weighted by molar-refractivity contribution is 5.79. The zero-order chi connectivity index (χ0) is 15.3. The van der Waals surface area contributed by atoms with E-state index in [1.807, 2.05) is 0 Å². The van der Waals surface area contributed by atoms with Crippen LogP contribution >= 0.6 is 0 Å². The van der Waals surface area contributed by atoms with Crippen molar-refractivity contribution < 1.29 is 4.79 Å². The van der Waals surface area contributed by atoms with Crippen LogP contribution in [-0.2, 0) is 4.79 Å². The lowest BCUT2D eigenvalue weighted by Gasteiger charge is -2.43. The summed E-state index contributed by atoms with van der Waals surface area (Å²) in [6.45, 7) is 0.780. The molecule has 21 heavy (non-hydrogen) atoms. The molecule has 122 valence electrons. The summed E-state index contributed by atoms with van der Waals surface area (Å²) >= 11 is 0. The lowest BCUT2D eigenvalue weighted by Crippen LogP contribution is -2.55. The van der Waals surface area contributed by atoms with Crippen molar-refractivity contribution in [2.75, 3.05) is 20.6 Å². The van der Waals surface area contributed by atoms with Crippen molar-refractivity contribution in [1.82, 2.24) is 10.2 Å². The van der Waals surface area contributed by atoms with E-state index in [4.69, 9.17) is 5.73 Å². The highest BCUT2D eigenvalue weighted by Crippen LogP contribution is 2.32. The fourth-order valence-electron chi connectivity index (χ4n) is 4.04. The third kappa shape index (κ3) is 4.19. The summed E-state index contributed by atoms with van der Waals surface area (Å²) in [5, 5.41) is 3.24. The zero-order valence-corrected chi connectivity index (χ0v) is 13.9. The maximum atomic E-state index is 12.6. The maximum Gasteiger partial charge on any atom is 0.224 e. The van der Waals surface area contributed by atoms with Crippen molar-refractivity contribution in [3.05, 3.63) is 0 Å². The first-order valence-corrected chi connectivity index (χ1v) is 8.76. The molecule has 2 atom stereocenters. The Bertz CT molecular complexity index is 337. The van der Waals surface area contributed by atoms with Gasteiger partial charge in [-0.2, -0.15) is 0 Å². The molecule has 3 N–H and O–H groups in total. The van der Waals surface area contributed by atoms with E-state index in [1.165, 1.54) is 44.9 Å². The SMILES string of the molecule is CN(C)C1(CNC(=O)C2CCCCCC2N)CCCCC1. The largest absolute Gasteiger partial charge is 0.354 e. The van der Waals surface area contributed by atoms with Crippen molar-refractivity contribution in [3.63, 3.8) is 0 Å². The molecule has 0 aromatic carbocycles. The van der Waals surface area contributed by atoms with Crippen molar-refractivity contribution in [2.45, 2.75) is 75.8 Å². The average Bonchev–Trinajstić information content (AvgIpc) is 2.70. The lowest BCUT2D eigenvalue weighted by molar-refractivity contribution is -0.126. The quantitative estimate of drug-likeness (QED) is 0.782. The Morgan fingerprint density at radius 3 is 2.38 bits per heavy atom. The Balaban J connectivity index is 1.91. The van der Waals surface area contributed by atoms with E-state index in [0.29, 0.717) is 0 Å². The fraction of sp³-hybridized carbons (Fsp3) is 0.941. The Hall–Kier alpha value is -0.610. The van der Waals surface area contributed by atoms with Gasteiger partial charge in [0.05, 0.1) is 5.92 Å². The van der Waals surface area contributed by atoms with Crippen LogP contribution in [0.15, 0.2) is 0 Å². The monoisotopic (exact) mass is 295 g/mol. The summed E-state index contributed by atoms with van der Waals surface area (Å²) in [4.78, 5) is 14.9. The second kappa shape index (κ2) is 7.59. The van der Waals surface area contributed by atoms with E-state index in [1.54, 1.807) is 0 Å². The van der Waals surface area contributed by atoms with Gasteiger partial charge >= 0.3 is 0 Å². The van der Waals surface area contributed by atoms with Gasteiger partial charge in [-0.05, 0) is 39.8 Å². The molecule has 0 saturated heterocycles. The van der Waals surface area contributed by atoms with Gasteiger partial charge < -0.3 is 16.0 Å². The van der Waals surface area contributed by atoms with E-state index in [-0.39, 0.29) is 23.4 Å². The summed E-state index contributed by atoms with van der Waals surface area (Å²) in [6.07, 6.45) is 11.8. The summed E-state index contributed by atoms with van der Waals surface area (Å²) in [5.74, 6) is 0.214. The van der Waals surface area contributed by atoms with Gasteiger partial charge in [0.2, 0.25) is 5.91 Å². The Labute approximate surface area is 129 Å². The third-order valence-corrected chi connectivity index (χ3v) is 5.73. The maximum absolute atomic E-state index is 12.6. The van der Waals surface area contributed by atoms with Gasteiger partial charge in [-0.15, -0.1) is 0 Å². The number of nitrogens with one attached hydrogen (secondary N) is 1. The third-order valence-electron chi connectivity index (χ3n) is 5.73. The molecule has 2 rings (SSSR count). The lowest BCUT2D eigenvalue weighted by atomic mass is 9.80. The van der Waals surface area contributed by atoms with Crippen LogP contribution in [0.5, 0.6) is 0 Å². The minimum Gasteiger partial charge on any atom is -0.354 e. The predicted molar refractivity (Wildman–Crippen MR) is 87.1 cm³/mol. The smallest absolute Gasteiger partial charge is 0.224 e. The molecule has 0 aromatic heterocycles. The molecule has 0 spiro atoms. The Morgan fingerprint density at radius 2 is 1.71 bits per heavy atom. The molecule has 2 aliphatic rings. The molecule has 0 aromatic rings. The number of likely N-dealkylation sites (N-methyl/N-ethyl adjacent to an activating group) is 1. The zero-order valence-electron chi connectivity index (χ0n) is 13.9. The van der Waals surface area contributed by atoms with E-state index in [9.17, 15) is 4.79 Å². The first kappa shape index (κ1) is 16.8. The standard InChI is InChI=1S/C17H33N3O/c1-20(2)17(11-7-4-8-12-17)13-19-16(21)14-9-5-3-6-10-15(14)18/h14-15H,3-13,18H2,1-2H3,(H,19,21). The van der Waals surface area contributed by atoms with Crippen LogP contribution in [-0.4, -0.2) is 43.0 Å². The van der Waals surface area contributed by atoms with Crippen LogP contribution in [0, 0.1) is 5.92 Å². The minimum absolute atomic E-state index is 0.0234. The molecular weight excluding hydrogens is 262 g/mol. The van der Waals surface area contributed by atoms with Crippen molar-refractivity contribution in [3.8, 4) is 0 Å². The summed E-state index contributed by atoms with van der Waals surface area (Å²) in [6, 6.07) is 0.0501. The topological polar surface area (TPSA) is 58.4 Å². The van der Waals surface area contributed by atoms with E-state index >= 15 is 0 Å². The number of hydrogen-bond acceptors (Lipinski definition) is 3. The van der Waals surface area contributed by atoms with E-state index in [2.05, 4.69) is 24.3 Å². The molecule has 4 heteroatoms. The molecule has 0 bridgehead atoms. The molecule has 2 saturated carbocycles. The van der Waals surface area contributed by atoms with Crippen molar-refractivity contribution >= 4 is 5.91 Å². The summed E-state index contributed by atoms with van der Waals surface area (Å²) in [5.41, 5.74) is 6.37. The molecule has 1 amide bonds. The fourth-order valence-corrected chi connectivity index (χ4v) is 4.04. The number of hydrogen-bond donors (Lipinski definition) is 2. The van der Waals surface area contributed by atoms with Crippen LogP contribution in [0.1, 0.15) is 64.2 Å². The van der Waals surface area contributed by atoms with Crippen LogP contribution in [0.3, 0.4) is 0 Å². The van der Waals surface area contributed by atoms with E-state index < -0.39 is 0 Å².